The van der Waals surface area contributed by atoms with Crippen molar-refractivity contribution in [1.29, 1.82) is 0 Å². The van der Waals surface area contributed by atoms with Crippen LogP contribution in [0.5, 0.6) is 0 Å². The third kappa shape index (κ3) is 3.14. The first-order valence-corrected chi connectivity index (χ1v) is 7.76. The second-order valence-corrected chi connectivity index (χ2v) is 5.75. The number of hydrogen-bond acceptors (Lipinski definition) is 4. The van der Waals surface area contributed by atoms with Crippen molar-refractivity contribution < 1.29 is 19.4 Å². The van der Waals surface area contributed by atoms with Crippen LogP contribution in [0.25, 0.3) is 11.3 Å². The average molecular weight is 326 g/mol. The summed E-state index contributed by atoms with van der Waals surface area (Å²) in [4.78, 5) is 28.6. The summed E-state index contributed by atoms with van der Waals surface area (Å²) >= 11 is 0. The first-order chi connectivity index (χ1) is 11.6. The quantitative estimate of drug-likeness (QED) is 0.843. The number of ether oxygens (including phenoxy) is 1. The molecule has 1 aliphatic heterocycles. The van der Waals surface area contributed by atoms with Crippen molar-refractivity contribution in [2.45, 2.75) is 12.8 Å². The van der Waals surface area contributed by atoms with Crippen LogP contribution in [-0.2, 0) is 14.3 Å². The maximum absolute atomic E-state index is 12.6. The second kappa shape index (κ2) is 6.80. The van der Waals surface area contributed by atoms with E-state index in [1.165, 1.54) is 0 Å². The van der Waals surface area contributed by atoms with Gasteiger partial charge in [0.2, 0.25) is 5.91 Å². The minimum Gasteiger partial charge on any atom is -0.480 e. The summed E-state index contributed by atoms with van der Waals surface area (Å²) in [5.74, 6) is -1.62. The number of nitrogens with zero attached hydrogens (tertiary/aromatic N) is 1. The van der Waals surface area contributed by atoms with Gasteiger partial charge in [-0.05, 0) is 25.0 Å². The number of carbonyl (C=O) groups is 2. The van der Waals surface area contributed by atoms with Crippen LogP contribution in [0.4, 0.5) is 5.69 Å². The lowest BCUT2D eigenvalue weighted by molar-refractivity contribution is -0.160. The largest absolute Gasteiger partial charge is 0.480 e. The summed E-state index contributed by atoms with van der Waals surface area (Å²) in [5, 5.41) is 12.3. The molecule has 2 aromatic rings. The molecule has 1 amide bonds. The van der Waals surface area contributed by atoms with Crippen molar-refractivity contribution in [2.75, 3.05) is 18.5 Å². The van der Waals surface area contributed by atoms with Gasteiger partial charge in [-0.3, -0.25) is 14.6 Å². The third-order valence-electron chi connectivity index (χ3n) is 4.28. The molecule has 124 valence electrons. The van der Waals surface area contributed by atoms with Gasteiger partial charge in [-0.15, -0.1) is 0 Å². The van der Waals surface area contributed by atoms with E-state index in [2.05, 4.69) is 10.3 Å². The van der Waals surface area contributed by atoms with Gasteiger partial charge in [0.15, 0.2) is 5.41 Å². The van der Waals surface area contributed by atoms with Crippen LogP contribution in [-0.4, -0.2) is 35.2 Å². The van der Waals surface area contributed by atoms with Crippen LogP contribution in [0.2, 0.25) is 0 Å². The van der Waals surface area contributed by atoms with E-state index in [0.29, 0.717) is 11.4 Å². The Morgan fingerprint density at radius 3 is 2.50 bits per heavy atom. The van der Waals surface area contributed by atoms with E-state index in [1.807, 2.05) is 30.3 Å². The maximum atomic E-state index is 12.6. The van der Waals surface area contributed by atoms with Crippen molar-refractivity contribution in [2.24, 2.45) is 5.41 Å². The predicted octanol–water partition coefficient (Wildman–Crippen LogP) is 2.57. The standard InChI is InChI=1S/C18H18N2O4/c21-16(18(17(22)23)7-10-24-11-8-18)20-14-6-9-19-15(12-14)13-4-2-1-3-5-13/h1-6,9,12H,7-8,10-11H2,(H,22,23)(H,19,20,21). The molecule has 6 heteroatoms. The van der Waals surface area contributed by atoms with Gasteiger partial charge in [0.25, 0.3) is 0 Å². The van der Waals surface area contributed by atoms with Crippen LogP contribution in [0.3, 0.4) is 0 Å². The molecule has 0 aliphatic carbocycles. The molecule has 6 nitrogen and oxygen atoms in total. The number of benzene rings is 1. The van der Waals surface area contributed by atoms with Crippen molar-refractivity contribution in [3.63, 3.8) is 0 Å². The number of nitrogens with one attached hydrogen (secondary N) is 1. The topological polar surface area (TPSA) is 88.5 Å². The van der Waals surface area contributed by atoms with Gasteiger partial charge in [-0.1, -0.05) is 30.3 Å². The minimum absolute atomic E-state index is 0.171. The molecule has 0 saturated carbocycles. The fourth-order valence-electron chi connectivity index (χ4n) is 2.78. The number of pyridine rings is 1. The van der Waals surface area contributed by atoms with E-state index < -0.39 is 17.3 Å². The molecular weight excluding hydrogens is 308 g/mol. The molecule has 1 aromatic carbocycles. The SMILES string of the molecule is O=C(O)C1(C(=O)Nc2ccnc(-c3ccccc3)c2)CCOCC1. The highest BCUT2D eigenvalue weighted by molar-refractivity contribution is 6.08. The molecule has 24 heavy (non-hydrogen) atoms. The molecule has 0 bridgehead atoms. The Balaban J connectivity index is 1.83. The Morgan fingerprint density at radius 2 is 1.83 bits per heavy atom. The molecule has 1 fully saturated rings. The molecule has 0 spiro atoms. The Bertz CT molecular complexity index is 740. The number of carboxylic acids is 1. The lowest BCUT2D eigenvalue weighted by Gasteiger charge is -2.31. The molecule has 3 rings (SSSR count). The summed E-state index contributed by atoms with van der Waals surface area (Å²) in [6.45, 7) is 0.538. The zero-order valence-electron chi connectivity index (χ0n) is 13.1. The normalized spacial score (nSPS) is 16.3. The lowest BCUT2D eigenvalue weighted by Crippen LogP contribution is -2.47. The molecule has 2 heterocycles. The molecule has 1 saturated heterocycles. The van der Waals surface area contributed by atoms with Crippen molar-refractivity contribution in [3.8, 4) is 11.3 Å². The highest BCUT2D eigenvalue weighted by Gasteiger charge is 2.47. The highest BCUT2D eigenvalue weighted by atomic mass is 16.5. The van der Waals surface area contributed by atoms with Crippen molar-refractivity contribution in [1.82, 2.24) is 4.98 Å². The van der Waals surface area contributed by atoms with Gasteiger partial charge in [0.1, 0.15) is 0 Å². The number of aliphatic carboxylic acids is 1. The summed E-state index contributed by atoms with van der Waals surface area (Å²) in [5.41, 5.74) is 0.729. The zero-order valence-corrected chi connectivity index (χ0v) is 13.1. The monoisotopic (exact) mass is 326 g/mol. The fraction of sp³-hybridized carbons (Fsp3) is 0.278. The average Bonchev–Trinajstić information content (AvgIpc) is 2.63. The van der Waals surface area contributed by atoms with Gasteiger partial charge in [-0.2, -0.15) is 0 Å². The zero-order chi connectivity index (χ0) is 17.0. The Labute approximate surface area is 139 Å². The number of anilines is 1. The van der Waals surface area contributed by atoms with Crippen molar-refractivity contribution in [3.05, 3.63) is 48.7 Å². The van der Waals surface area contributed by atoms with Gasteiger partial charge >= 0.3 is 5.97 Å². The molecule has 0 radical (unpaired) electrons. The van der Waals surface area contributed by atoms with E-state index >= 15 is 0 Å². The predicted molar refractivity (Wildman–Crippen MR) is 88.4 cm³/mol. The fourth-order valence-corrected chi connectivity index (χ4v) is 2.78. The van der Waals surface area contributed by atoms with E-state index in [0.717, 1.165) is 5.56 Å². The van der Waals surface area contributed by atoms with Gasteiger partial charge in [-0.25, -0.2) is 0 Å². The Morgan fingerprint density at radius 1 is 1.12 bits per heavy atom. The second-order valence-electron chi connectivity index (χ2n) is 5.75. The molecule has 1 aliphatic rings. The number of aromatic nitrogens is 1. The molecule has 1 aromatic heterocycles. The van der Waals surface area contributed by atoms with E-state index in [-0.39, 0.29) is 26.1 Å². The highest BCUT2D eigenvalue weighted by Crippen LogP contribution is 2.32. The van der Waals surface area contributed by atoms with E-state index in [9.17, 15) is 14.7 Å². The van der Waals surface area contributed by atoms with Crippen LogP contribution >= 0.6 is 0 Å². The number of hydrogen-bond donors (Lipinski definition) is 2. The molecule has 2 N–H and O–H groups in total. The number of carboxylic acid groups (broad SMARTS) is 1. The Kier molecular flexibility index (Phi) is 4.57. The molecular formula is C18H18N2O4. The van der Waals surface area contributed by atoms with Crippen LogP contribution in [0.1, 0.15) is 12.8 Å². The summed E-state index contributed by atoms with van der Waals surface area (Å²) in [6.07, 6.45) is 1.94. The number of carbonyl (C=O) groups excluding carboxylic acids is 1. The van der Waals surface area contributed by atoms with Crippen LogP contribution in [0, 0.1) is 5.41 Å². The van der Waals surface area contributed by atoms with Gasteiger partial charge in [0, 0.05) is 30.7 Å². The first kappa shape index (κ1) is 16.1. The van der Waals surface area contributed by atoms with E-state index in [1.54, 1.807) is 18.3 Å². The molecule has 0 unspecified atom stereocenters. The molecule has 0 atom stereocenters. The smallest absolute Gasteiger partial charge is 0.319 e. The lowest BCUT2D eigenvalue weighted by atomic mass is 9.79. The first-order valence-electron chi connectivity index (χ1n) is 7.76. The van der Waals surface area contributed by atoms with E-state index in [4.69, 9.17) is 4.74 Å². The number of rotatable bonds is 4. The number of amides is 1. The minimum atomic E-state index is -1.44. The summed E-state index contributed by atoms with van der Waals surface area (Å²) < 4.78 is 5.20. The van der Waals surface area contributed by atoms with Crippen LogP contribution in [0.15, 0.2) is 48.7 Å². The summed E-state index contributed by atoms with van der Waals surface area (Å²) in [7, 11) is 0. The Hall–Kier alpha value is -2.73. The maximum Gasteiger partial charge on any atom is 0.319 e. The van der Waals surface area contributed by atoms with Gasteiger partial charge in [0.05, 0.1) is 5.69 Å². The summed E-state index contributed by atoms with van der Waals surface area (Å²) in [6, 6.07) is 13.0. The third-order valence-corrected chi connectivity index (χ3v) is 4.28. The van der Waals surface area contributed by atoms with Crippen LogP contribution < -0.4 is 5.32 Å². The van der Waals surface area contributed by atoms with Crippen molar-refractivity contribution >= 4 is 17.6 Å². The van der Waals surface area contributed by atoms with Gasteiger partial charge < -0.3 is 15.2 Å².